The molecule has 0 aromatic heterocycles. The lowest BCUT2D eigenvalue weighted by atomic mass is 9.98. The molecule has 0 saturated heterocycles. The molecule has 0 amide bonds. The highest BCUT2D eigenvalue weighted by molar-refractivity contribution is 5.73. The number of ether oxygens (including phenoxy) is 2. The fourth-order valence-corrected chi connectivity index (χ4v) is 4.06. The molecule has 0 bridgehead atoms. The zero-order valence-corrected chi connectivity index (χ0v) is 20.9. The summed E-state index contributed by atoms with van der Waals surface area (Å²) in [5.74, 6) is -0.996. The minimum Gasteiger partial charge on any atom is -0.494 e. The number of benzene rings is 4. The van der Waals surface area contributed by atoms with E-state index in [1.807, 2.05) is 43.3 Å². The summed E-state index contributed by atoms with van der Waals surface area (Å²) in [5.41, 5.74) is 5.14. The first-order valence-corrected chi connectivity index (χ1v) is 12.7. The second-order valence-corrected chi connectivity index (χ2v) is 8.82. The monoisotopic (exact) mass is 486 g/mol. The second kappa shape index (κ2) is 12.3. The molecule has 0 radical (unpaired) electrons. The van der Waals surface area contributed by atoms with E-state index in [2.05, 4.69) is 43.3 Å². The third-order valence-electron chi connectivity index (χ3n) is 6.13. The van der Waals surface area contributed by atoms with Gasteiger partial charge in [0.05, 0.1) is 13.2 Å². The van der Waals surface area contributed by atoms with Crippen molar-refractivity contribution in [3.63, 3.8) is 0 Å². The third-order valence-corrected chi connectivity index (χ3v) is 6.13. The Morgan fingerprint density at radius 3 is 1.56 bits per heavy atom. The van der Waals surface area contributed by atoms with Crippen LogP contribution in [0.4, 0.5) is 8.78 Å². The van der Waals surface area contributed by atoms with Crippen molar-refractivity contribution in [3.05, 3.63) is 96.6 Å². The highest BCUT2D eigenvalue weighted by Crippen LogP contribution is 2.32. The van der Waals surface area contributed by atoms with Crippen LogP contribution in [-0.4, -0.2) is 13.2 Å². The van der Waals surface area contributed by atoms with E-state index >= 15 is 0 Å². The summed E-state index contributed by atoms with van der Waals surface area (Å²) in [6.07, 6.45) is 4.17. The van der Waals surface area contributed by atoms with Crippen molar-refractivity contribution < 1.29 is 18.3 Å². The molecule has 4 aromatic carbocycles. The molecule has 0 unspecified atom stereocenters. The Morgan fingerprint density at radius 1 is 0.500 bits per heavy atom. The summed E-state index contributed by atoms with van der Waals surface area (Å²) < 4.78 is 40.1. The first kappa shape index (κ1) is 25.4. The van der Waals surface area contributed by atoms with Crippen LogP contribution in [0.2, 0.25) is 0 Å². The topological polar surface area (TPSA) is 18.5 Å². The first-order valence-electron chi connectivity index (χ1n) is 12.7. The number of hydrogen-bond acceptors (Lipinski definition) is 2. The van der Waals surface area contributed by atoms with E-state index in [-0.39, 0.29) is 11.3 Å². The van der Waals surface area contributed by atoms with E-state index < -0.39 is 11.6 Å². The Kier molecular flexibility index (Phi) is 8.72. The molecule has 0 fully saturated rings. The van der Waals surface area contributed by atoms with Gasteiger partial charge < -0.3 is 9.47 Å². The molecular formula is C32H32F2O2. The minimum atomic E-state index is -0.947. The van der Waals surface area contributed by atoms with Crippen LogP contribution in [0.15, 0.2) is 84.9 Å². The number of unbranched alkanes of at least 4 members (excludes halogenated alkanes) is 2. The van der Waals surface area contributed by atoms with Gasteiger partial charge in [0.2, 0.25) is 5.82 Å². The molecule has 0 aliphatic carbocycles. The van der Waals surface area contributed by atoms with Crippen LogP contribution in [0.5, 0.6) is 11.5 Å². The van der Waals surface area contributed by atoms with E-state index in [4.69, 9.17) is 9.47 Å². The zero-order chi connectivity index (χ0) is 25.3. The number of hydrogen-bond donors (Lipinski definition) is 0. The lowest BCUT2D eigenvalue weighted by molar-refractivity contribution is 0.295. The predicted molar refractivity (Wildman–Crippen MR) is 143 cm³/mol. The Bertz CT molecular complexity index is 1250. The molecule has 2 nitrogen and oxygen atoms in total. The third kappa shape index (κ3) is 6.12. The van der Waals surface area contributed by atoms with Crippen molar-refractivity contribution in [2.75, 3.05) is 13.2 Å². The fraction of sp³-hybridized carbons (Fsp3) is 0.250. The molecule has 186 valence electrons. The van der Waals surface area contributed by atoms with Crippen LogP contribution < -0.4 is 9.47 Å². The molecule has 4 heteroatoms. The SMILES string of the molecule is CCCCCOc1ccc(-c2ccc(-c3ccc(-c4ccc(OCCC)c(F)c4F)cc3)cc2)cc1. The largest absolute Gasteiger partial charge is 0.494 e. The Balaban J connectivity index is 1.44. The van der Waals surface area contributed by atoms with Gasteiger partial charge in [-0.05, 0) is 64.9 Å². The van der Waals surface area contributed by atoms with Gasteiger partial charge in [0.1, 0.15) is 5.75 Å². The average molecular weight is 487 g/mol. The average Bonchev–Trinajstić information content (AvgIpc) is 2.93. The second-order valence-electron chi connectivity index (χ2n) is 8.82. The summed E-state index contributed by atoms with van der Waals surface area (Å²) in [6.45, 7) is 5.20. The number of rotatable bonds is 11. The molecule has 4 aromatic rings. The van der Waals surface area contributed by atoms with Gasteiger partial charge in [-0.3, -0.25) is 0 Å². The maximum Gasteiger partial charge on any atom is 0.201 e. The molecular weight excluding hydrogens is 454 g/mol. The Labute approximate surface area is 212 Å². The van der Waals surface area contributed by atoms with Gasteiger partial charge in [0.25, 0.3) is 0 Å². The fourth-order valence-electron chi connectivity index (χ4n) is 4.06. The van der Waals surface area contributed by atoms with Crippen molar-refractivity contribution in [1.82, 2.24) is 0 Å². The summed E-state index contributed by atoms with van der Waals surface area (Å²) in [7, 11) is 0. The summed E-state index contributed by atoms with van der Waals surface area (Å²) >= 11 is 0. The quantitative estimate of drug-likeness (QED) is 0.197. The van der Waals surface area contributed by atoms with E-state index in [0.29, 0.717) is 12.2 Å². The molecule has 0 heterocycles. The minimum absolute atomic E-state index is 0.0519. The van der Waals surface area contributed by atoms with Gasteiger partial charge >= 0.3 is 0 Å². The van der Waals surface area contributed by atoms with Gasteiger partial charge in [0, 0.05) is 5.56 Å². The van der Waals surface area contributed by atoms with E-state index in [1.165, 1.54) is 18.9 Å². The van der Waals surface area contributed by atoms with Gasteiger partial charge in [-0.15, -0.1) is 0 Å². The molecule has 0 aliphatic heterocycles. The first-order chi connectivity index (χ1) is 17.6. The summed E-state index contributed by atoms with van der Waals surface area (Å²) in [4.78, 5) is 0. The van der Waals surface area contributed by atoms with Crippen molar-refractivity contribution in [3.8, 4) is 44.9 Å². The van der Waals surface area contributed by atoms with Crippen molar-refractivity contribution >= 4 is 0 Å². The van der Waals surface area contributed by atoms with E-state index in [9.17, 15) is 8.78 Å². The van der Waals surface area contributed by atoms with E-state index in [0.717, 1.165) is 47.5 Å². The maximum atomic E-state index is 14.7. The molecule has 0 aliphatic rings. The Hall–Kier alpha value is -3.66. The van der Waals surface area contributed by atoms with Crippen LogP contribution >= 0.6 is 0 Å². The molecule has 0 atom stereocenters. The molecule has 0 saturated carbocycles. The smallest absolute Gasteiger partial charge is 0.201 e. The van der Waals surface area contributed by atoms with Crippen molar-refractivity contribution in [1.29, 1.82) is 0 Å². The van der Waals surface area contributed by atoms with Crippen LogP contribution in [0.1, 0.15) is 39.5 Å². The van der Waals surface area contributed by atoms with Crippen molar-refractivity contribution in [2.45, 2.75) is 39.5 Å². The lowest BCUT2D eigenvalue weighted by Gasteiger charge is -2.11. The molecule has 36 heavy (non-hydrogen) atoms. The van der Waals surface area contributed by atoms with Crippen LogP contribution in [0, 0.1) is 11.6 Å². The van der Waals surface area contributed by atoms with Crippen molar-refractivity contribution in [2.24, 2.45) is 0 Å². The van der Waals surface area contributed by atoms with E-state index in [1.54, 1.807) is 6.07 Å². The standard InChI is InChI=1S/C32H32F2O2/c1-3-5-6-22-35-28-17-15-26(16-18-28)24-9-7-23(8-10-24)25-11-13-27(14-12-25)29-19-20-30(36-21-4-2)32(34)31(29)33/h7-20H,3-6,21-22H2,1-2H3. The highest BCUT2D eigenvalue weighted by atomic mass is 19.2. The summed E-state index contributed by atoms with van der Waals surface area (Å²) in [5, 5.41) is 0. The van der Waals surface area contributed by atoms with Gasteiger partial charge in [-0.1, -0.05) is 87.4 Å². The lowest BCUT2D eigenvalue weighted by Crippen LogP contribution is -2.00. The summed E-state index contributed by atoms with van der Waals surface area (Å²) in [6, 6.07) is 27.0. The molecule has 0 N–H and O–H groups in total. The normalized spacial score (nSPS) is 10.9. The van der Waals surface area contributed by atoms with Crippen LogP contribution in [0.3, 0.4) is 0 Å². The predicted octanol–water partition coefficient (Wildman–Crippen LogP) is 9.32. The maximum absolute atomic E-state index is 14.7. The van der Waals surface area contributed by atoms with Crippen LogP contribution in [0.25, 0.3) is 33.4 Å². The number of halogens is 2. The van der Waals surface area contributed by atoms with Gasteiger partial charge in [-0.25, -0.2) is 4.39 Å². The zero-order valence-electron chi connectivity index (χ0n) is 20.9. The van der Waals surface area contributed by atoms with Gasteiger partial charge in [0.15, 0.2) is 11.6 Å². The van der Waals surface area contributed by atoms with Gasteiger partial charge in [-0.2, -0.15) is 4.39 Å². The molecule has 4 rings (SSSR count). The highest BCUT2D eigenvalue weighted by Gasteiger charge is 2.16. The molecule has 0 spiro atoms. The Morgan fingerprint density at radius 2 is 1.03 bits per heavy atom. The van der Waals surface area contributed by atoms with Crippen LogP contribution in [-0.2, 0) is 0 Å².